The number of nitrogens with zero attached hydrogens (tertiary/aromatic N) is 1. The quantitative estimate of drug-likeness (QED) is 0.410. The van der Waals surface area contributed by atoms with E-state index in [1.165, 1.54) is 6.07 Å². The van der Waals surface area contributed by atoms with Gasteiger partial charge in [-0.1, -0.05) is 23.7 Å². The molecule has 9 heteroatoms. The molecule has 0 radical (unpaired) electrons. The van der Waals surface area contributed by atoms with Gasteiger partial charge in [-0.25, -0.2) is 13.2 Å². The highest BCUT2D eigenvalue weighted by atomic mass is 35.5. The van der Waals surface area contributed by atoms with Crippen LogP contribution in [0.5, 0.6) is 0 Å². The summed E-state index contributed by atoms with van der Waals surface area (Å²) in [6, 6.07) is 10.6. The maximum atomic E-state index is 13.5. The fourth-order valence-corrected chi connectivity index (χ4v) is 6.92. The Hall–Kier alpha value is -2.55. The van der Waals surface area contributed by atoms with E-state index in [4.69, 9.17) is 22.1 Å². The highest BCUT2D eigenvalue weighted by Gasteiger charge is 2.41. The van der Waals surface area contributed by atoms with Crippen molar-refractivity contribution in [3.8, 4) is 0 Å². The number of sulfone groups is 1. The van der Waals surface area contributed by atoms with Gasteiger partial charge in [0.1, 0.15) is 14.8 Å². The van der Waals surface area contributed by atoms with Gasteiger partial charge in [-0.15, -0.1) is 11.3 Å². The molecule has 1 aromatic heterocycles. The minimum absolute atomic E-state index is 0.0447. The third-order valence-corrected chi connectivity index (χ3v) is 8.26. The van der Waals surface area contributed by atoms with E-state index >= 15 is 0 Å². The third-order valence-electron chi connectivity index (χ3n) is 4.87. The topological polar surface area (TPSA) is 89.7 Å². The number of nitrogens with two attached hydrogens (primary N) is 1. The van der Waals surface area contributed by atoms with Gasteiger partial charge in [0.2, 0.25) is 9.84 Å². The Balaban J connectivity index is 2.10. The number of esters is 1. The van der Waals surface area contributed by atoms with Crippen LogP contribution in [0, 0.1) is 13.8 Å². The molecule has 156 valence electrons. The van der Waals surface area contributed by atoms with E-state index in [1.54, 1.807) is 19.1 Å². The lowest BCUT2D eigenvalue weighted by Gasteiger charge is -2.32. The van der Waals surface area contributed by atoms with Crippen molar-refractivity contribution in [3.63, 3.8) is 0 Å². The smallest absolute Gasteiger partial charge is 0.350 e. The molecule has 30 heavy (non-hydrogen) atoms. The van der Waals surface area contributed by atoms with E-state index in [9.17, 15) is 13.2 Å². The molecule has 2 N–H and O–H groups in total. The zero-order chi connectivity index (χ0) is 21.8. The molecule has 0 aliphatic carbocycles. The van der Waals surface area contributed by atoms with Crippen LogP contribution in [0.4, 0.5) is 22.1 Å². The maximum Gasteiger partial charge on any atom is 0.350 e. The van der Waals surface area contributed by atoms with E-state index in [0.717, 1.165) is 28.2 Å². The molecule has 0 unspecified atom stereocenters. The van der Waals surface area contributed by atoms with Gasteiger partial charge in [-0.2, -0.15) is 0 Å². The van der Waals surface area contributed by atoms with Gasteiger partial charge in [0.15, 0.2) is 0 Å². The van der Waals surface area contributed by atoms with Crippen LogP contribution in [-0.4, -0.2) is 21.0 Å². The molecule has 2 aromatic carbocycles. The molecule has 6 nitrogen and oxygen atoms in total. The molecular weight excluding hydrogens is 444 g/mol. The number of fused-ring (bicyclic) bond motifs is 2. The third kappa shape index (κ3) is 3.07. The number of carbonyl (C=O) groups excluding carboxylic acids is 1. The van der Waals surface area contributed by atoms with E-state index in [0.29, 0.717) is 15.7 Å². The van der Waals surface area contributed by atoms with Gasteiger partial charge in [-0.05, 0) is 56.2 Å². The molecule has 1 aliphatic heterocycles. The minimum Gasteiger partial charge on any atom is -0.462 e. The van der Waals surface area contributed by atoms with Crippen LogP contribution < -0.4 is 10.6 Å². The summed E-state index contributed by atoms with van der Waals surface area (Å²) in [5.41, 5.74) is 9.31. The summed E-state index contributed by atoms with van der Waals surface area (Å²) < 4.78 is 32.1. The van der Waals surface area contributed by atoms with Crippen molar-refractivity contribution in [2.24, 2.45) is 0 Å². The summed E-state index contributed by atoms with van der Waals surface area (Å²) in [4.78, 5) is 14.3. The second-order valence-electron chi connectivity index (χ2n) is 6.94. The van der Waals surface area contributed by atoms with E-state index in [2.05, 4.69) is 0 Å². The van der Waals surface area contributed by atoms with Gasteiger partial charge < -0.3 is 10.5 Å². The second-order valence-corrected chi connectivity index (χ2v) is 10.2. The SMILES string of the molecule is CCOC(=O)c1sc2c(c1N)S(=O)(=O)c1cc(Cl)ccc1N2c1cc(C)ccc1C. The standard InChI is InChI=1S/C21H19ClN2O4S2/c1-4-28-21(25)18-17(23)19-20(29-18)24(15-9-11(2)5-6-12(15)3)14-8-7-13(22)10-16(14)30(19,26)27/h5-10H,4,23H2,1-3H3. The lowest BCUT2D eigenvalue weighted by atomic mass is 10.1. The molecule has 0 saturated heterocycles. The number of thiophene rings is 1. The van der Waals surface area contributed by atoms with Gasteiger partial charge in [0.05, 0.1) is 28.6 Å². The number of benzene rings is 2. The number of halogens is 1. The first-order valence-electron chi connectivity index (χ1n) is 9.18. The molecule has 3 aromatic rings. The molecule has 2 heterocycles. The first kappa shape index (κ1) is 20.7. The first-order chi connectivity index (χ1) is 14.2. The highest BCUT2D eigenvalue weighted by molar-refractivity contribution is 7.92. The average molecular weight is 463 g/mol. The fourth-order valence-electron chi connectivity index (χ4n) is 3.48. The molecule has 1 aliphatic rings. The summed E-state index contributed by atoms with van der Waals surface area (Å²) in [6.45, 7) is 5.74. The number of anilines is 4. The Morgan fingerprint density at radius 1 is 1.17 bits per heavy atom. The minimum atomic E-state index is -3.99. The van der Waals surface area contributed by atoms with Crippen LogP contribution in [0.15, 0.2) is 46.2 Å². The predicted molar refractivity (Wildman–Crippen MR) is 119 cm³/mol. The molecule has 0 spiro atoms. The molecule has 0 bridgehead atoms. The summed E-state index contributed by atoms with van der Waals surface area (Å²) in [6.07, 6.45) is 0. The van der Waals surface area contributed by atoms with Crippen LogP contribution in [0.25, 0.3) is 0 Å². The Bertz CT molecular complexity index is 1300. The predicted octanol–water partition coefficient (Wildman–Crippen LogP) is 5.39. The summed E-state index contributed by atoms with van der Waals surface area (Å²) in [5, 5.41) is 0.653. The highest BCUT2D eigenvalue weighted by Crippen LogP contribution is 2.55. The van der Waals surface area contributed by atoms with Crippen molar-refractivity contribution >= 4 is 60.8 Å². The largest absolute Gasteiger partial charge is 0.462 e. The van der Waals surface area contributed by atoms with Crippen molar-refractivity contribution in [1.29, 1.82) is 0 Å². The Morgan fingerprint density at radius 2 is 1.90 bits per heavy atom. The second kappa shape index (κ2) is 7.30. The van der Waals surface area contributed by atoms with Gasteiger partial charge in [-0.3, -0.25) is 4.90 Å². The average Bonchev–Trinajstić information content (AvgIpc) is 3.03. The Labute approximate surface area is 183 Å². The number of aryl methyl sites for hydroxylation is 2. The van der Waals surface area contributed by atoms with Gasteiger partial charge in [0.25, 0.3) is 0 Å². The molecular formula is C21H19ClN2O4S2. The number of carbonyl (C=O) groups is 1. The lowest BCUT2D eigenvalue weighted by molar-refractivity contribution is 0.0533. The summed E-state index contributed by atoms with van der Waals surface area (Å²) in [5.74, 6) is -0.646. The summed E-state index contributed by atoms with van der Waals surface area (Å²) >= 11 is 7.14. The van der Waals surface area contributed by atoms with Crippen LogP contribution in [-0.2, 0) is 14.6 Å². The Morgan fingerprint density at radius 3 is 2.60 bits per heavy atom. The molecule has 0 amide bonds. The zero-order valence-electron chi connectivity index (χ0n) is 16.5. The molecule has 0 saturated carbocycles. The van der Waals surface area contributed by atoms with Crippen LogP contribution in [0.3, 0.4) is 0 Å². The number of hydrogen-bond acceptors (Lipinski definition) is 7. The van der Waals surface area contributed by atoms with Crippen LogP contribution in [0.1, 0.15) is 27.7 Å². The van der Waals surface area contributed by atoms with Crippen LogP contribution in [0.2, 0.25) is 5.02 Å². The van der Waals surface area contributed by atoms with Crippen molar-refractivity contribution < 1.29 is 17.9 Å². The van der Waals surface area contributed by atoms with Crippen molar-refractivity contribution in [3.05, 3.63) is 57.4 Å². The van der Waals surface area contributed by atoms with E-state index < -0.39 is 15.8 Å². The van der Waals surface area contributed by atoms with E-state index in [1.807, 2.05) is 36.9 Å². The fraction of sp³-hybridized carbons (Fsp3) is 0.190. The zero-order valence-corrected chi connectivity index (χ0v) is 18.9. The van der Waals surface area contributed by atoms with Crippen molar-refractivity contribution in [2.75, 3.05) is 17.2 Å². The number of nitrogen functional groups attached to an aromatic ring is 1. The normalized spacial score (nSPS) is 14.2. The van der Waals surface area contributed by atoms with Crippen molar-refractivity contribution in [2.45, 2.75) is 30.6 Å². The number of ether oxygens (including phenoxy) is 1. The number of rotatable bonds is 3. The Kier molecular flexibility index (Phi) is 5.04. The molecule has 4 rings (SSSR count). The number of hydrogen-bond donors (Lipinski definition) is 1. The van der Waals surface area contributed by atoms with E-state index in [-0.39, 0.29) is 27.0 Å². The molecule has 0 fully saturated rings. The lowest BCUT2D eigenvalue weighted by Crippen LogP contribution is -2.22. The van der Waals surface area contributed by atoms with Gasteiger partial charge in [0, 0.05) is 5.02 Å². The van der Waals surface area contributed by atoms with Gasteiger partial charge >= 0.3 is 5.97 Å². The summed E-state index contributed by atoms with van der Waals surface area (Å²) in [7, 11) is -3.99. The molecule has 0 atom stereocenters. The first-order valence-corrected chi connectivity index (χ1v) is 11.9. The monoisotopic (exact) mass is 462 g/mol. The van der Waals surface area contributed by atoms with Crippen molar-refractivity contribution in [1.82, 2.24) is 0 Å². The van der Waals surface area contributed by atoms with Crippen LogP contribution >= 0.6 is 22.9 Å². The maximum absolute atomic E-state index is 13.5.